The van der Waals surface area contributed by atoms with Crippen molar-refractivity contribution in [2.24, 2.45) is 0 Å². The molecular formula is C23H46O6. The monoisotopic (exact) mass is 418 g/mol. The first-order valence-corrected chi connectivity index (χ1v) is 10.9. The molecule has 0 aliphatic carbocycles. The van der Waals surface area contributed by atoms with E-state index in [0.717, 1.165) is 32.1 Å². The van der Waals surface area contributed by atoms with Crippen LogP contribution in [0.1, 0.15) is 66.2 Å². The van der Waals surface area contributed by atoms with E-state index in [2.05, 4.69) is 13.2 Å². The average molecular weight is 419 g/mol. The fourth-order valence-corrected chi connectivity index (χ4v) is 2.61. The van der Waals surface area contributed by atoms with E-state index in [4.69, 9.17) is 23.7 Å². The Morgan fingerprint density at radius 2 is 1.14 bits per heavy atom. The van der Waals surface area contributed by atoms with Crippen molar-refractivity contribution in [3.63, 3.8) is 0 Å². The maximum absolute atomic E-state index is 9.60. The number of aliphatic hydroxyl groups excluding tert-OH is 1. The smallest absolute Gasteiger partial charge is 0.160 e. The van der Waals surface area contributed by atoms with Gasteiger partial charge in [0.25, 0.3) is 0 Å². The lowest BCUT2D eigenvalue weighted by molar-refractivity contribution is -0.155. The molecule has 0 aromatic rings. The van der Waals surface area contributed by atoms with E-state index >= 15 is 0 Å². The Labute approximate surface area is 179 Å². The first kappa shape index (κ1) is 30.4. The van der Waals surface area contributed by atoms with E-state index in [1.165, 1.54) is 0 Å². The Morgan fingerprint density at radius 3 is 1.52 bits per heavy atom. The summed E-state index contributed by atoms with van der Waals surface area (Å²) < 4.78 is 27.0. The van der Waals surface area contributed by atoms with Crippen molar-refractivity contribution in [3.8, 4) is 0 Å². The first-order valence-electron chi connectivity index (χ1n) is 10.9. The second-order valence-corrected chi connectivity index (χ2v) is 6.40. The standard InChI is InChI=1S/C12H24O3.C11H22O3/c1-5-8-9-11(13-4)10-12(14-6-2)15-7-3;1-4-7-8-10(12)9-11(13-5-2)14-6-3/h5,11-12H,1,6-10H2,2-4H3;4,10-12H,1,5-9H2,2-3H3. The highest BCUT2D eigenvalue weighted by Gasteiger charge is 2.16. The van der Waals surface area contributed by atoms with Gasteiger partial charge in [-0.2, -0.15) is 0 Å². The molecule has 0 heterocycles. The quantitative estimate of drug-likeness (QED) is 0.239. The van der Waals surface area contributed by atoms with Gasteiger partial charge in [-0.25, -0.2) is 0 Å². The van der Waals surface area contributed by atoms with E-state index in [9.17, 15) is 5.11 Å². The van der Waals surface area contributed by atoms with Gasteiger partial charge in [-0.1, -0.05) is 12.2 Å². The van der Waals surface area contributed by atoms with Gasteiger partial charge in [0.05, 0.1) is 12.2 Å². The van der Waals surface area contributed by atoms with Crippen LogP contribution < -0.4 is 0 Å². The van der Waals surface area contributed by atoms with Crippen LogP contribution in [-0.4, -0.2) is 63.4 Å². The van der Waals surface area contributed by atoms with E-state index in [1.807, 2.05) is 33.8 Å². The maximum Gasteiger partial charge on any atom is 0.160 e. The van der Waals surface area contributed by atoms with Crippen LogP contribution >= 0.6 is 0 Å². The van der Waals surface area contributed by atoms with Crippen LogP contribution in [-0.2, 0) is 23.7 Å². The molecule has 0 bridgehead atoms. The van der Waals surface area contributed by atoms with Crippen LogP contribution in [0.25, 0.3) is 0 Å². The second-order valence-electron chi connectivity index (χ2n) is 6.40. The van der Waals surface area contributed by atoms with Crippen LogP contribution in [0.3, 0.4) is 0 Å². The van der Waals surface area contributed by atoms with Crippen LogP contribution in [0.15, 0.2) is 25.3 Å². The summed E-state index contributed by atoms with van der Waals surface area (Å²) in [7, 11) is 1.72. The van der Waals surface area contributed by atoms with Gasteiger partial charge >= 0.3 is 0 Å². The third-order valence-corrected chi connectivity index (χ3v) is 4.06. The minimum atomic E-state index is -0.365. The van der Waals surface area contributed by atoms with Gasteiger partial charge < -0.3 is 28.8 Å². The van der Waals surface area contributed by atoms with Crippen LogP contribution in [0.2, 0.25) is 0 Å². The van der Waals surface area contributed by atoms with Crippen LogP contribution in [0.4, 0.5) is 0 Å². The summed E-state index contributed by atoms with van der Waals surface area (Å²) in [4.78, 5) is 0. The zero-order valence-electron chi connectivity index (χ0n) is 19.4. The topological polar surface area (TPSA) is 66.4 Å². The molecule has 0 aromatic carbocycles. The minimum absolute atomic E-state index is 0.144. The fourth-order valence-electron chi connectivity index (χ4n) is 2.61. The normalized spacial score (nSPS) is 13.1. The summed E-state index contributed by atoms with van der Waals surface area (Å²) in [6.07, 6.45) is 7.91. The number of aliphatic hydroxyl groups is 1. The van der Waals surface area contributed by atoms with Crippen molar-refractivity contribution in [1.29, 1.82) is 0 Å². The van der Waals surface area contributed by atoms with E-state index in [0.29, 0.717) is 32.8 Å². The number of methoxy groups -OCH3 is 1. The Hall–Kier alpha value is -0.760. The van der Waals surface area contributed by atoms with Crippen LogP contribution in [0.5, 0.6) is 0 Å². The lowest BCUT2D eigenvalue weighted by Crippen LogP contribution is -2.25. The number of hydrogen-bond donors (Lipinski definition) is 1. The van der Waals surface area contributed by atoms with Crippen molar-refractivity contribution in [2.45, 2.75) is 91.0 Å². The summed E-state index contributed by atoms with van der Waals surface area (Å²) in [5.74, 6) is 0. The van der Waals surface area contributed by atoms with Gasteiger partial charge in [0.15, 0.2) is 12.6 Å². The van der Waals surface area contributed by atoms with Gasteiger partial charge in [0, 0.05) is 46.4 Å². The van der Waals surface area contributed by atoms with Gasteiger partial charge in [-0.15, -0.1) is 13.2 Å². The molecule has 0 amide bonds. The minimum Gasteiger partial charge on any atom is -0.393 e. The molecule has 0 aliphatic rings. The molecule has 6 heteroatoms. The number of ether oxygens (including phenoxy) is 5. The van der Waals surface area contributed by atoms with Crippen molar-refractivity contribution >= 4 is 0 Å². The van der Waals surface area contributed by atoms with E-state index in [1.54, 1.807) is 13.2 Å². The summed E-state index contributed by atoms with van der Waals surface area (Å²) >= 11 is 0. The molecule has 174 valence electrons. The van der Waals surface area contributed by atoms with Crippen molar-refractivity contribution in [1.82, 2.24) is 0 Å². The average Bonchev–Trinajstić information content (AvgIpc) is 2.70. The molecule has 0 aromatic heterocycles. The highest BCUT2D eigenvalue weighted by molar-refractivity contribution is 4.71. The Bertz CT molecular complexity index is 338. The van der Waals surface area contributed by atoms with Gasteiger partial charge in [-0.3, -0.25) is 0 Å². The van der Waals surface area contributed by atoms with Gasteiger partial charge in [0.2, 0.25) is 0 Å². The highest BCUT2D eigenvalue weighted by atomic mass is 16.7. The summed E-state index contributed by atoms with van der Waals surface area (Å²) in [5.41, 5.74) is 0. The number of allylic oxidation sites excluding steroid dienone is 2. The van der Waals surface area contributed by atoms with E-state index in [-0.39, 0.29) is 24.8 Å². The first-order chi connectivity index (χ1) is 14.0. The molecule has 6 nitrogen and oxygen atoms in total. The molecule has 0 spiro atoms. The van der Waals surface area contributed by atoms with Gasteiger partial charge in [-0.05, 0) is 53.4 Å². The largest absolute Gasteiger partial charge is 0.393 e. The lowest BCUT2D eigenvalue weighted by atomic mass is 10.1. The Balaban J connectivity index is 0. The lowest BCUT2D eigenvalue weighted by Gasteiger charge is -2.22. The summed E-state index contributed by atoms with van der Waals surface area (Å²) in [5, 5.41) is 9.60. The fraction of sp³-hybridized carbons (Fsp3) is 0.826. The molecule has 0 aliphatic heterocycles. The Morgan fingerprint density at radius 1 is 0.724 bits per heavy atom. The highest BCUT2D eigenvalue weighted by Crippen LogP contribution is 2.13. The number of rotatable bonds is 19. The third kappa shape index (κ3) is 20.3. The van der Waals surface area contributed by atoms with Crippen LogP contribution in [0, 0.1) is 0 Å². The van der Waals surface area contributed by atoms with Crippen molar-refractivity contribution in [2.75, 3.05) is 33.5 Å². The zero-order chi connectivity index (χ0) is 22.3. The molecule has 0 fully saturated rings. The molecule has 0 rings (SSSR count). The maximum atomic E-state index is 9.60. The SMILES string of the molecule is C=CCCC(CC(OCC)OCC)OC.C=CCCC(O)CC(OCC)OCC. The van der Waals surface area contributed by atoms with Gasteiger partial charge in [0.1, 0.15) is 0 Å². The molecule has 2 atom stereocenters. The molecule has 0 radical (unpaired) electrons. The third-order valence-electron chi connectivity index (χ3n) is 4.06. The summed E-state index contributed by atoms with van der Waals surface area (Å²) in [6.45, 7) is 17.6. The van der Waals surface area contributed by atoms with Crippen molar-refractivity contribution in [3.05, 3.63) is 25.3 Å². The van der Waals surface area contributed by atoms with Crippen molar-refractivity contribution < 1.29 is 28.8 Å². The predicted octanol–water partition coefficient (Wildman–Crippen LogP) is 4.86. The zero-order valence-corrected chi connectivity index (χ0v) is 19.4. The molecule has 2 unspecified atom stereocenters. The second kappa shape index (κ2) is 23.5. The Kier molecular flexibility index (Phi) is 24.7. The molecule has 29 heavy (non-hydrogen) atoms. The molecule has 0 saturated heterocycles. The summed E-state index contributed by atoms with van der Waals surface area (Å²) in [6, 6.07) is 0. The number of hydrogen-bond acceptors (Lipinski definition) is 6. The molecule has 0 saturated carbocycles. The predicted molar refractivity (Wildman–Crippen MR) is 119 cm³/mol. The van der Waals surface area contributed by atoms with E-state index < -0.39 is 0 Å². The molecule has 1 N–H and O–H groups in total. The molecular weight excluding hydrogens is 372 g/mol.